The van der Waals surface area contributed by atoms with Crippen molar-refractivity contribution in [2.24, 2.45) is 0 Å². The Morgan fingerprint density at radius 1 is 1.70 bits per heavy atom. The van der Waals surface area contributed by atoms with Gasteiger partial charge < -0.3 is 0 Å². The van der Waals surface area contributed by atoms with Crippen molar-refractivity contribution in [1.82, 2.24) is 0 Å². The summed E-state index contributed by atoms with van der Waals surface area (Å²) in [6.45, 7) is 1.03. The second-order valence-corrected chi connectivity index (χ2v) is 2.86. The van der Waals surface area contributed by atoms with Crippen LogP contribution < -0.4 is 0 Å². The topological polar surface area (TPSA) is 17.1 Å². The van der Waals surface area contributed by atoms with Gasteiger partial charge in [0.1, 0.15) is 6.17 Å². The van der Waals surface area contributed by atoms with Crippen molar-refractivity contribution in [2.45, 2.75) is 38.0 Å². The van der Waals surface area contributed by atoms with E-state index in [1.54, 1.807) is 0 Å². The largest absolute Gasteiger partial charge is 0.296 e. The Kier molecular flexibility index (Phi) is 1.75. The van der Waals surface area contributed by atoms with E-state index in [1.807, 2.05) is 0 Å². The summed E-state index contributed by atoms with van der Waals surface area (Å²) in [6, 6.07) is 0. The molecule has 0 aliphatic heterocycles. The zero-order valence-corrected chi connectivity index (χ0v) is 5.86. The Labute approximate surface area is 58.4 Å². The van der Waals surface area contributed by atoms with Crippen molar-refractivity contribution >= 4 is 5.78 Å². The van der Waals surface area contributed by atoms with Gasteiger partial charge >= 0.3 is 0 Å². The molecular weight excluding hydrogens is 138 g/mol. The summed E-state index contributed by atoms with van der Waals surface area (Å²) in [6.07, 6.45) is -0.736. The van der Waals surface area contributed by atoms with Crippen LogP contribution in [0.15, 0.2) is 0 Å². The molecule has 3 heteroatoms. The predicted molar refractivity (Wildman–Crippen MR) is 33.3 cm³/mol. The van der Waals surface area contributed by atoms with Gasteiger partial charge in [-0.25, -0.2) is 8.78 Å². The first-order valence-electron chi connectivity index (χ1n) is 3.41. The van der Waals surface area contributed by atoms with E-state index >= 15 is 0 Å². The molecule has 0 amide bonds. The Balaban J connectivity index is 2.73. The van der Waals surface area contributed by atoms with E-state index in [1.165, 1.54) is 0 Å². The monoisotopic (exact) mass is 148 g/mol. The lowest BCUT2D eigenvalue weighted by Gasteiger charge is -2.27. The number of halogens is 2. The molecule has 1 aliphatic carbocycles. The highest BCUT2D eigenvalue weighted by molar-refractivity contribution is 5.88. The number of alkyl halides is 2. The molecular formula is C7H10F2O. The van der Waals surface area contributed by atoms with Crippen LogP contribution in [0.4, 0.5) is 8.78 Å². The minimum Gasteiger partial charge on any atom is -0.296 e. The maximum Gasteiger partial charge on any atom is 0.196 e. The standard InChI is InChI=1S/C7H10F2O/c1-7(9)5(8)3-2-4-6(7)10/h5H,2-4H2,1H3/t5-,7-/m0/s1. The third-order valence-corrected chi connectivity index (χ3v) is 1.99. The maximum atomic E-state index is 12.9. The summed E-state index contributed by atoms with van der Waals surface area (Å²) >= 11 is 0. The van der Waals surface area contributed by atoms with Crippen LogP contribution in [0.1, 0.15) is 26.2 Å². The minimum atomic E-state index is -2.21. The SMILES string of the molecule is C[C@@]1(F)C(=O)CCC[C@@H]1F. The van der Waals surface area contributed by atoms with Gasteiger partial charge in [-0.3, -0.25) is 4.79 Å². The number of rotatable bonds is 0. The highest BCUT2D eigenvalue weighted by Crippen LogP contribution is 2.30. The summed E-state index contributed by atoms with van der Waals surface area (Å²) < 4.78 is 25.5. The number of hydrogen-bond donors (Lipinski definition) is 0. The first-order valence-corrected chi connectivity index (χ1v) is 3.41. The van der Waals surface area contributed by atoms with Crippen LogP contribution in [0.3, 0.4) is 0 Å². The lowest BCUT2D eigenvalue weighted by molar-refractivity contribution is -0.137. The summed E-state index contributed by atoms with van der Waals surface area (Å²) in [5.41, 5.74) is -2.21. The number of carbonyl (C=O) groups excluding carboxylic acids is 1. The average Bonchev–Trinajstić information content (AvgIpc) is 1.84. The number of carbonyl (C=O) groups is 1. The fraction of sp³-hybridized carbons (Fsp3) is 0.857. The Morgan fingerprint density at radius 3 is 2.70 bits per heavy atom. The molecule has 58 valence electrons. The number of hydrogen-bond acceptors (Lipinski definition) is 1. The third-order valence-electron chi connectivity index (χ3n) is 1.99. The van der Waals surface area contributed by atoms with Gasteiger partial charge in [0, 0.05) is 6.42 Å². The molecule has 0 spiro atoms. The van der Waals surface area contributed by atoms with Gasteiger partial charge in [-0.15, -0.1) is 0 Å². The molecule has 0 saturated heterocycles. The molecule has 0 N–H and O–H groups in total. The molecule has 0 unspecified atom stereocenters. The second kappa shape index (κ2) is 2.29. The van der Waals surface area contributed by atoms with Crippen LogP contribution in [0.25, 0.3) is 0 Å². The van der Waals surface area contributed by atoms with E-state index < -0.39 is 17.6 Å². The van der Waals surface area contributed by atoms with Gasteiger partial charge in [0.15, 0.2) is 11.5 Å². The first kappa shape index (κ1) is 7.63. The molecule has 10 heavy (non-hydrogen) atoms. The highest BCUT2D eigenvalue weighted by atomic mass is 19.2. The van der Waals surface area contributed by atoms with Crippen molar-refractivity contribution in [3.05, 3.63) is 0 Å². The fourth-order valence-electron chi connectivity index (χ4n) is 1.13. The van der Waals surface area contributed by atoms with Crippen LogP contribution in [0.2, 0.25) is 0 Å². The van der Waals surface area contributed by atoms with E-state index in [2.05, 4.69) is 0 Å². The molecule has 2 atom stereocenters. The van der Waals surface area contributed by atoms with Crippen molar-refractivity contribution in [3.63, 3.8) is 0 Å². The Bertz CT molecular complexity index is 154. The molecule has 1 fully saturated rings. The van der Waals surface area contributed by atoms with E-state index in [0.29, 0.717) is 6.42 Å². The molecule has 1 saturated carbocycles. The van der Waals surface area contributed by atoms with Gasteiger partial charge in [-0.2, -0.15) is 0 Å². The van der Waals surface area contributed by atoms with Crippen molar-refractivity contribution in [1.29, 1.82) is 0 Å². The van der Waals surface area contributed by atoms with E-state index in [0.717, 1.165) is 6.92 Å². The second-order valence-electron chi connectivity index (χ2n) is 2.86. The van der Waals surface area contributed by atoms with Crippen LogP contribution in [-0.4, -0.2) is 17.6 Å². The maximum absolute atomic E-state index is 12.9. The Morgan fingerprint density at radius 2 is 2.30 bits per heavy atom. The van der Waals surface area contributed by atoms with Crippen LogP contribution in [0.5, 0.6) is 0 Å². The van der Waals surface area contributed by atoms with E-state index in [-0.39, 0.29) is 12.8 Å². The van der Waals surface area contributed by atoms with Crippen LogP contribution in [0, 0.1) is 0 Å². The van der Waals surface area contributed by atoms with Gasteiger partial charge in [0.05, 0.1) is 0 Å². The minimum absolute atomic E-state index is 0.179. The molecule has 1 rings (SSSR count). The number of Topliss-reactive ketones (excluding diaryl/α,β-unsaturated/α-hetero) is 1. The summed E-state index contributed by atoms with van der Waals surface area (Å²) in [7, 11) is 0. The van der Waals surface area contributed by atoms with Gasteiger partial charge in [-0.1, -0.05) is 0 Å². The summed E-state index contributed by atoms with van der Waals surface area (Å²) in [5.74, 6) is -0.591. The predicted octanol–water partition coefficient (Wildman–Crippen LogP) is 1.81. The first-order chi connectivity index (χ1) is 4.55. The smallest absolute Gasteiger partial charge is 0.196 e. The fourth-order valence-corrected chi connectivity index (χ4v) is 1.13. The lowest BCUT2D eigenvalue weighted by Crippen LogP contribution is -2.43. The van der Waals surface area contributed by atoms with E-state index in [9.17, 15) is 13.6 Å². The van der Waals surface area contributed by atoms with Crippen LogP contribution >= 0.6 is 0 Å². The normalized spacial score (nSPS) is 41.9. The van der Waals surface area contributed by atoms with Crippen molar-refractivity contribution < 1.29 is 13.6 Å². The molecule has 0 aromatic rings. The molecule has 1 aliphatic rings. The van der Waals surface area contributed by atoms with Gasteiger partial charge in [0.2, 0.25) is 0 Å². The third kappa shape index (κ3) is 1.04. The Hall–Kier alpha value is -0.470. The highest BCUT2D eigenvalue weighted by Gasteiger charge is 2.44. The number of ketones is 1. The molecule has 0 radical (unpaired) electrons. The quantitative estimate of drug-likeness (QED) is 0.512. The van der Waals surface area contributed by atoms with E-state index in [4.69, 9.17) is 0 Å². The molecule has 0 bridgehead atoms. The van der Waals surface area contributed by atoms with Crippen LogP contribution in [-0.2, 0) is 4.79 Å². The van der Waals surface area contributed by atoms with Crippen molar-refractivity contribution in [3.8, 4) is 0 Å². The summed E-state index contributed by atoms with van der Waals surface area (Å²) in [5, 5.41) is 0. The van der Waals surface area contributed by atoms with Gasteiger partial charge in [0.25, 0.3) is 0 Å². The zero-order valence-electron chi connectivity index (χ0n) is 5.86. The average molecular weight is 148 g/mol. The molecule has 1 nitrogen and oxygen atoms in total. The molecule has 0 heterocycles. The summed E-state index contributed by atoms with van der Waals surface area (Å²) in [4.78, 5) is 10.7. The van der Waals surface area contributed by atoms with Gasteiger partial charge in [-0.05, 0) is 19.8 Å². The van der Waals surface area contributed by atoms with Crippen molar-refractivity contribution in [2.75, 3.05) is 0 Å². The lowest BCUT2D eigenvalue weighted by atomic mass is 9.85. The molecule has 0 aromatic heterocycles. The molecule has 0 aromatic carbocycles. The zero-order chi connectivity index (χ0) is 7.78.